The minimum atomic E-state index is 0.330. The highest BCUT2D eigenvalue weighted by Gasteiger charge is 2.45. The summed E-state index contributed by atoms with van der Waals surface area (Å²) < 4.78 is 0. The lowest BCUT2D eigenvalue weighted by atomic mass is 9.68. The van der Waals surface area contributed by atoms with Gasteiger partial charge in [-0.3, -0.25) is 0 Å². The number of fused-ring (bicyclic) bond motifs is 10. The third-order valence-corrected chi connectivity index (χ3v) is 10.0. The molecule has 0 saturated heterocycles. The van der Waals surface area contributed by atoms with Gasteiger partial charge in [-0.05, 0) is 84.0 Å². The minimum absolute atomic E-state index is 0.330. The zero-order valence-electron chi connectivity index (χ0n) is 22.4. The lowest BCUT2D eigenvalue weighted by molar-refractivity contribution is 0.352. The second-order valence-electron chi connectivity index (χ2n) is 12.1. The van der Waals surface area contributed by atoms with E-state index in [1.165, 1.54) is 91.2 Å². The van der Waals surface area contributed by atoms with Gasteiger partial charge in [-0.1, -0.05) is 128 Å². The van der Waals surface area contributed by atoms with Crippen molar-refractivity contribution in [3.05, 3.63) is 118 Å². The van der Waals surface area contributed by atoms with E-state index in [-0.39, 0.29) is 0 Å². The maximum absolute atomic E-state index is 2.45. The standard InChI is InChI=1S/C19H20.C18H18/c1-14-9-10-16-15-7-3-4-8-17(15)19(18(16)13-14)11-5-2-6-12-19;1-13-8-9-15-14-6-2-3-7-16(14)18(17(15)12-13)10-4-5-11-18/h3-4,7-10,13H,2,5-6,11-12H2,1H3;2-3,6-9,12H,4-5,10-11H2,1H3. The number of hydrogen-bond acceptors (Lipinski definition) is 0. The van der Waals surface area contributed by atoms with Gasteiger partial charge in [0.1, 0.15) is 0 Å². The topological polar surface area (TPSA) is 0 Å². The fourth-order valence-corrected chi connectivity index (χ4v) is 8.35. The molecule has 0 amide bonds. The third-order valence-electron chi connectivity index (χ3n) is 10.0. The van der Waals surface area contributed by atoms with Crippen LogP contribution in [0.25, 0.3) is 22.3 Å². The summed E-state index contributed by atoms with van der Waals surface area (Å²) in [5.41, 5.74) is 15.8. The molecule has 4 aromatic carbocycles. The van der Waals surface area contributed by atoms with Crippen molar-refractivity contribution >= 4 is 0 Å². The Labute approximate surface area is 222 Å². The van der Waals surface area contributed by atoms with Crippen molar-refractivity contribution in [2.24, 2.45) is 0 Å². The van der Waals surface area contributed by atoms with Crippen LogP contribution in [0.5, 0.6) is 0 Å². The van der Waals surface area contributed by atoms with E-state index < -0.39 is 0 Å². The van der Waals surface area contributed by atoms with Gasteiger partial charge in [0.2, 0.25) is 0 Å². The molecule has 2 saturated carbocycles. The molecular weight excluding hydrogens is 444 g/mol. The highest BCUT2D eigenvalue weighted by molar-refractivity contribution is 5.82. The van der Waals surface area contributed by atoms with Gasteiger partial charge in [0.15, 0.2) is 0 Å². The number of benzene rings is 4. The summed E-state index contributed by atoms with van der Waals surface area (Å²) in [7, 11) is 0. The molecule has 0 aliphatic heterocycles. The Morgan fingerprint density at radius 1 is 0.405 bits per heavy atom. The van der Waals surface area contributed by atoms with E-state index in [0.717, 1.165) is 0 Å². The molecular formula is C37H38. The second kappa shape index (κ2) is 8.73. The monoisotopic (exact) mass is 482 g/mol. The normalized spacial score (nSPS) is 19.1. The first-order valence-electron chi connectivity index (χ1n) is 14.5. The molecule has 0 aromatic heterocycles. The zero-order valence-corrected chi connectivity index (χ0v) is 22.4. The molecule has 37 heavy (non-hydrogen) atoms. The maximum atomic E-state index is 2.45. The van der Waals surface area contributed by atoms with Crippen LogP contribution in [0.4, 0.5) is 0 Å². The zero-order chi connectivity index (χ0) is 25.0. The molecule has 2 fully saturated rings. The Balaban J connectivity index is 0.000000125. The van der Waals surface area contributed by atoms with Crippen molar-refractivity contribution in [2.75, 3.05) is 0 Å². The van der Waals surface area contributed by atoms with Crippen LogP contribution >= 0.6 is 0 Å². The van der Waals surface area contributed by atoms with Gasteiger partial charge in [0.05, 0.1) is 0 Å². The number of aryl methyl sites for hydroxylation is 2. The van der Waals surface area contributed by atoms with E-state index in [0.29, 0.717) is 10.8 Å². The number of rotatable bonds is 0. The first kappa shape index (κ1) is 23.0. The Morgan fingerprint density at radius 2 is 0.784 bits per heavy atom. The lowest BCUT2D eigenvalue weighted by Gasteiger charge is -2.36. The van der Waals surface area contributed by atoms with Gasteiger partial charge in [-0.2, -0.15) is 0 Å². The average molecular weight is 483 g/mol. The highest BCUT2D eigenvalue weighted by Crippen LogP contribution is 2.57. The van der Waals surface area contributed by atoms with Gasteiger partial charge in [-0.25, -0.2) is 0 Å². The first-order valence-corrected chi connectivity index (χ1v) is 14.5. The van der Waals surface area contributed by atoms with Crippen molar-refractivity contribution in [3.63, 3.8) is 0 Å². The van der Waals surface area contributed by atoms with Crippen LogP contribution in [-0.2, 0) is 10.8 Å². The molecule has 186 valence electrons. The van der Waals surface area contributed by atoms with Crippen LogP contribution in [0.3, 0.4) is 0 Å². The third kappa shape index (κ3) is 3.41. The summed E-state index contributed by atoms with van der Waals surface area (Å²) in [6.07, 6.45) is 12.2. The van der Waals surface area contributed by atoms with Crippen molar-refractivity contribution in [1.29, 1.82) is 0 Å². The highest BCUT2D eigenvalue weighted by atomic mass is 14.5. The summed E-state index contributed by atoms with van der Waals surface area (Å²) in [6, 6.07) is 32.2. The maximum Gasteiger partial charge on any atom is 0.0215 e. The minimum Gasteiger partial charge on any atom is -0.0619 e. The molecule has 0 nitrogen and oxygen atoms in total. The largest absolute Gasteiger partial charge is 0.0619 e. The van der Waals surface area contributed by atoms with Crippen LogP contribution in [0.2, 0.25) is 0 Å². The predicted octanol–water partition coefficient (Wildman–Crippen LogP) is 10.1. The molecule has 0 N–H and O–H groups in total. The van der Waals surface area contributed by atoms with Crippen LogP contribution in [0, 0.1) is 13.8 Å². The van der Waals surface area contributed by atoms with Crippen molar-refractivity contribution in [3.8, 4) is 22.3 Å². The van der Waals surface area contributed by atoms with E-state index in [9.17, 15) is 0 Å². The van der Waals surface area contributed by atoms with Gasteiger partial charge in [0.25, 0.3) is 0 Å². The van der Waals surface area contributed by atoms with Crippen molar-refractivity contribution < 1.29 is 0 Å². The smallest absolute Gasteiger partial charge is 0.0215 e. The Bertz CT molecular complexity index is 1470. The summed E-state index contributed by atoms with van der Waals surface area (Å²) in [5, 5.41) is 0. The molecule has 8 rings (SSSR count). The molecule has 0 heterocycles. The average Bonchev–Trinajstić information content (AvgIpc) is 3.60. The fourth-order valence-electron chi connectivity index (χ4n) is 8.35. The first-order chi connectivity index (χ1) is 18.1. The molecule has 2 spiro atoms. The predicted molar refractivity (Wildman–Crippen MR) is 156 cm³/mol. The van der Waals surface area contributed by atoms with E-state index in [1.54, 1.807) is 22.3 Å². The van der Waals surface area contributed by atoms with Crippen molar-refractivity contribution in [2.45, 2.75) is 82.5 Å². The lowest BCUT2D eigenvalue weighted by Crippen LogP contribution is -2.28. The Morgan fingerprint density at radius 3 is 1.24 bits per heavy atom. The summed E-state index contributed by atoms with van der Waals surface area (Å²) in [5.74, 6) is 0. The molecule has 4 aromatic rings. The van der Waals surface area contributed by atoms with Gasteiger partial charge >= 0.3 is 0 Å². The van der Waals surface area contributed by atoms with E-state index in [2.05, 4.69) is 98.8 Å². The van der Waals surface area contributed by atoms with Crippen LogP contribution in [-0.4, -0.2) is 0 Å². The molecule has 0 bridgehead atoms. The SMILES string of the molecule is Cc1ccc2c(c1)C1(CCCC1)c1ccccc1-2.Cc1ccc2c(c1)C1(CCCCC1)c1ccccc1-2. The van der Waals surface area contributed by atoms with E-state index >= 15 is 0 Å². The van der Waals surface area contributed by atoms with Crippen LogP contribution in [0.1, 0.15) is 91.2 Å². The quantitative estimate of drug-likeness (QED) is 0.234. The fraction of sp³-hybridized carbons (Fsp3) is 0.351. The van der Waals surface area contributed by atoms with Crippen molar-refractivity contribution in [1.82, 2.24) is 0 Å². The second-order valence-corrected chi connectivity index (χ2v) is 12.1. The summed E-state index contributed by atoms with van der Waals surface area (Å²) in [4.78, 5) is 0. The molecule has 4 aliphatic rings. The van der Waals surface area contributed by atoms with Gasteiger partial charge in [0, 0.05) is 10.8 Å². The Kier molecular flexibility index (Phi) is 5.43. The van der Waals surface area contributed by atoms with Gasteiger partial charge < -0.3 is 0 Å². The molecule has 0 heteroatoms. The number of hydrogen-bond donors (Lipinski definition) is 0. The van der Waals surface area contributed by atoms with Crippen LogP contribution in [0.15, 0.2) is 84.9 Å². The van der Waals surface area contributed by atoms with Gasteiger partial charge in [-0.15, -0.1) is 0 Å². The van der Waals surface area contributed by atoms with Crippen LogP contribution < -0.4 is 0 Å². The molecule has 0 atom stereocenters. The Hall–Kier alpha value is -3.12. The summed E-state index contributed by atoms with van der Waals surface area (Å²) >= 11 is 0. The molecule has 4 aliphatic carbocycles. The molecule has 0 radical (unpaired) electrons. The van der Waals surface area contributed by atoms with E-state index in [1.807, 2.05) is 0 Å². The summed E-state index contributed by atoms with van der Waals surface area (Å²) in [6.45, 7) is 4.44. The molecule has 0 unspecified atom stereocenters. The van der Waals surface area contributed by atoms with E-state index in [4.69, 9.17) is 0 Å².